The first-order chi connectivity index (χ1) is 7.60. The van der Waals surface area contributed by atoms with Crippen LogP contribution in [0.4, 0.5) is 0 Å². The first-order valence-corrected chi connectivity index (χ1v) is 7.41. The van der Waals surface area contributed by atoms with Gasteiger partial charge in [-0.2, -0.15) is 4.31 Å². The molecule has 87 valence electrons. The van der Waals surface area contributed by atoms with Gasteiger partial charge in [0.05, 0.1) is 4.90 Å². The monoisotopic (exact) mass is 302 g/mol. The summed E-state index contributed by atoms with van der Waals surface area (Å²) >= 11 is 3.29. The number of benzene rings is 1. The maximum Gasteiger partial charge on any atom is 0.243 e. The highest BCUT2D eigenvalue weighted by molar-refractivity contribution is 9.10. The molecule has 0 bridgehead atoms. The van der Waals surface area contributed by atoms with Crippen LogP contribution >= 0.6 is 15.9 Å². The standard InChI is InChI=1S/C11H13BrNO2S/c12-10-5-4-6-11(9-10)16(14,15)13-7-2-1-3-8-13/h1,4-6,9H,2-3,7-8H2. The zero-order valence-corrected chi connectivity index (χ0v) is 11.2. The molecular formula is C11H13BrNO2S. The molecule has 2 rings (SSSR count). The second-order valence-corrected chi connectivity index (χ2v) is 6.58. The third-order valence-electron chi connectivity index (χ3n) is 2.60. The molecule has 1 radical (unpaired) electrons. The van der Waals surface area contributed by atoms with Gasteiger partial charge in [-0.15, -0.1) is 0 Å². The molecule has 1 aromatic carbocycles. The average molecular weight is 303 g/mol. The van der Waals surface area contributed by atoms with Crippen LogP contribution in [0.2, 0.25) is 0 Å². The summed E-state index contributed by atoms with van der Waals surface area (Å²) in [5.41, 5.74) is 0. The van der Waals surface area contributed by atoms with Crippen molar-refractivity contribution in [2.45, 2.75) is 17.7 Å². The fraction of sp³-hybridized carbons (Fsp3) is 0.364. The summed E-state index contributed by atoms with van der Waals surface area (Å²) in [6, 6.07) is 6.85. The van der Waals surface area contributed by atoms with Crippen LogP contribution in [0.15, 0.2) is 33.6 Å². The molecule has 0 unspecified atom stereocenters. The number of sulfonamides is 1. The minimum Gasteiger partial charge on any atom is -0.207 e. The zero-order valence-electron chi connectivity index (χ0n) is 8.77. The summed E-state index contributed by atoms with van der Waals surface area (Å²) in [7, 11) is -3.30. The number of halogens is 1. The van der Waals surface area contributed by atoms with Gasteiger partial charge in [-0.05, 0) is 37.5 Å². The third-order valence-corrected chi connectivity index (χ3v) is 4.99. The van der Waals surface area contributed by atoms with Gasteiger partial charge in [0.1, 0.15) is 0 Å². The molecule has 0 saturated carbocycles. The van der Waals surface area contributed by atoms with Gasteiger partial charge in [0.25, 0.3) is 0 Å². The van der Waals surface area contributed by atoms with E-state index in [2.05, 4.69) is 22.4 Å². The van der Waals surface area contributed by atoms with Crippen molar-refractivity contribution in [1.29, 1.82) is 0 Å². The Bertz CT molecular complexity index is 467. The number of hydrogen-bond acceptors (Lipinski definition) is 2. The van der Waals surface area contributed by atoms with E-state index in [0.717, 1.165) is 17.3 Å². The second kappa shape index (κ2) is 4.85. The molecule has 1 aliphatic rings. The smallest absolute Gasteiger partial charge is 0.207 e. The van der Waals surface area contributed by atoms with Crippen molar-refractivity contribution in [3.8, 4) is 0 Å². The van der Waals surface area contributed by atoms with Crippen LogP contribution < -0.4 is 0 Å². The van der Waals surface area contributed by atoms with Crippen LogP contribution in [0.1, 0.15) is 12.8 Å². The minimum atomic E-state index is -3.30. The Hall–Kier alpha value is -0.390. The van der Waals surface area contributed by atoms with Gasteiger partial charge in [0, 0.05) is 17.6 Å². The molecule has 1 aromatic rings. The Morgan fingerprint density at radius 1 is 1.19 bits per heavy atom. The van der Waals surface area contributed by atoms with E-state index in [9.17, 15) is 8.42 Å². The number of piperidine rings is 1. The van der Waals surface area contributed by atoms with Crippen molar-refractivity contribution in [3.05, 3.63) is 35.2 Å². The lowest BCUT2D eigenvalue weighted by molar-refractivity contribution is 0.384. The number of rotatable bonds is 2. The summed E-state index contributed by atoms with van der Waals surface area (Å²) in [4.78, 5) is 0.365. The van der Waals surface area contributed by atoms with E-state index in [4.69, 9.17) is 0 Å². The second-order valence-electron chi connectivity index (χ2n) is 3.73. The lowest BCUT2D eigenvalue weighted by Crippen LogP contribution is -2.35. The molecule has 5 heteroatoms. The summed E-state index contributed by atoms with van der Waals surface area (Å²) in [5, 5.41) is 0. The molecule has 0 aliphatic carbocycles. The van der Waals surface area contributed by atoms with Gasteiger partial charge in [-0.1, -0.05) is 22.0 Å². The van der Waals surface area contributed by atoms with Crippen LogP contribution in [-0.4, -0.2) is 25.8 Å². The molecule has 1 aliphatic heterocycles. The van der Waals surface area contributed by atoms with Crippen LogP contribution in [-0.2, 0) is 10.0 Å². The van der Waals surface area contributed by atoms with Crippen molar-refractivity contribution in [2.24, 2.45) is 0 Å². The van der Waals surface area contributed by atoms with E-state index in [1.807, 2.05) is 6.07 Å². The van der Waals surface area contributed by atoms with E-state index in [0.29, 0.717) is 18.0 Å². The number of hydrogen-bond donors (Lipinski definition) is 0. The van der Waals surface area contributed by atoms with E-state index >= 15 is 0 Å². The van der Waals surface area contributed by atoms with Crippen molar-refractivity contribution in [1.82, 2.24) is 4.31 Å². The molecule has 0 atom stereocenters. The topological polar surface area (TPSA) is 37.4 Å². The molecule has 0 spiro atoms. The number of nitrogens with zero attached hydrogens (tertiary/aromatic N) is 1. The van der Waals surface area contributed by atoms with E-state index in [1.165, 1.54) is 0 Å². The van der Waals surface area contributed by atoms with Gasteiger partial charge in [-0.25, -0.2) is 8.42 Å². The highest BCUT2D eigenvalue weighted by Crippen LogP contribution is 2.22. The van der Waals surface area contributed by atoms with Crippen LogP contribution in [0.5, 0.6) is 0 Å². The molecule has 16 heavy (non-hydrogen) atoms. The molecular weight excluding hydrogens is 290 g/mol. The first-order valence-electron chi connectivity index (χ1n) is 5.18. The Labute approximate surface area is 105 Å². The first kappa shape index (κ1) is 12.1. The van der Waals surface area contributed by atoms with Crippen molar-refractivity contribution < 1.29 is 8.42 Å². The quantitative estimate of drug-likeness (QED) is 0.841. The van der Waals surface area contributed by atoms with Gasteiger partial charge in [-0.3, -0.25) is 0 Å². The maximum absolute atomic E-state index is 12.2. The third kappa shape index (κ3) is 2.47. The lowest BCUT2D eigenvalue weighted by Gasteiger charge is -2.25. The Morgan fingerprint density at radius 3 is 2.50 bits per heavy atom. The average Bonchev–Trinajstić information content (AvgIpc) is 2.30. The molecule has 1 heterocycles. The fourth-order valence-electron chi connectivity index (χ4n) is 1.74. The molecule has 1 fully saturated rings. The van der Waals surface area contributed by atoms with Crippen LogP contribution in [0, 0.1) is 6.42 Å². The molecule has 0 amide bonds. The van der Waals surface area contributed by atoms with Crippen LogP contribution in [0.3, 0.4) is 0 Å². The predicted octanol–water partition coefficient (Wildman–Crippen LogP) is 2.44. The molecule has 3 nitrogen and oxygen atoms in total. The van der Waals surface area contributed by atoms with Crippen molar-refractivity contribution in [2.75, 3.05) is 13.1 Å². The van der Waals surface area contributed by atoms with Gasteiger partial charge in [0.15, 0.2) is 0 Å². The summed E-state index contributed by atoms with van der Waals surface area (Å²) in [6.45, 7) is 1.18. The normalized spacial score (nSPS) is 18.6. The maximum atomic E-state index is 12.2. The SMILES string of the molecule is O=S(=O)(c1cccc(Br)c1)N1CC[CH]CC1. The zero-order chi connectivity index (χ0) is 11.6. The fourth-order valence-corrected chi connectivity index (χ4v) is 3.81. The Kier molecular flexibility index (Phi) is 3.66. The minimum absolute atomic E-state index is 0.365. The Morgan fingerprint density at radius 2 is 1.88 bits per heavy atom. The summed E-state index contributed by atoms with van der Waals surface area (Å²) < 4.78 is 26.8. The molecule has 1 saturated heterocycles. The largest absolute Gasteiger partial charge is 0.243 e. The Balaban J connectivity index is 2.30. The van der Waals surface area contributed by atoms with Gasteiger partial charge in [0.2, 0.25) is 10.0 Å². The van der Waals surface area contributed by atoms with E-state index < -0.39 is 10.0 Å². The summed E-state index contributed by atoms with van der Waals surface area (Å²) in [6.07, 6.45) is 3.81. The van der Waals surface area contributed by atoms with Gasteiger partial charge < -0.3 is 0 Å². The van der Waals surface area contributed by atoms with E-state index in [-0.39, 0.29) is 0 Å². The van der Waals surface area contributed by atoms with Crippen molar-refractivity contribution >= 4 is 26.0 Å². The molecule has 0 N–H and O–H groups in total. The van der Waals surface area contributed by atoms with Gasteiger partial charge >= 0.3 is 0 Å². The highest BCUT2D eigenvalue weighted by Gasteiger charge is 2.25. The summed E-state index contributed by atoms with van der Waals surface area (Å²) in [5.74, 6) is 0. The predicted molar refractivity (Wildman–Crippen MR) is 66.4 cm³/mol. The van der Waals surface area contributed by atoms with Crippen molar-refractivity contribution in [3.63, 3.8) is 0 Å². The lowest BCUT2D eigenvalue weighted by atomic mass is 10.2. The van der Waals surface area contributed by atoms with Crippen LogP contribution in [0.25, 0.3) is 0 Å². The van der Waals surface area contributed by atoms with E-state index in [1.54, 1.807) is 22.5 Å². The highest BCUT2D eigenvalue weighted by atomic mass is 79.9. The molecule has 0 aromatic heterocycles.